The van der Waals surface area contributed by atoms with Gasteiger partial charge in [0.05, 0.1) is 6.54 Å². The summed E-state index contributed by atoms with van der Waals surface area (Å²) in [6.45, 7) is 5.43. The van der Waals surface area contributed by atoms with E-state index in [2.05, 4.69) is 20.2 Å². The smallest absolute Gasteiger partial charge is 0.221 e. The Hall–Kier alpha value is -1.36. The standard InChI is InChI=1S/C13H22N4O/c1-10(2)16-13(18)5-7-17-8-6-14-12(17)9-15-11-3-4-11/h6,8,10-11,15H,3-5,7,9H2,1-2H3,(H,16,18). The lowest BCUT2D eigenvalue weighted by Gasteiger charge is -2.10. The Morgan fingerprint density at radius 3 is 3.00 bits per heavy atom. The number of hydrogen-bond donors (Lipinski definition) is 2. The van der Waals surface area contributed by atoms with Crippen molar-refractivity contribution in [3.63, 3.8) is 0 Å². The first-order valence-electron chi connectivity index (χ1n) is 6.68. The van der Waals surface area contributed by atoms with E-state index in [4.69, 9.17) is 0 Å². The molecule has 1 aromatic heterocycles. The third-order valence-electron chi connectivity index (χ3n) is 2.96. The Morgan fingerprint density at radius 2 is 2.33 bits per heavy atom. The molecular weight excluding hydrogens is 228 g/mol. The molecule has 5 nitrogen and oxygen atoms in total. The van der Waals surface area contributed by atoms with Gasteiger partial charge in [-0.3, -0.25) is 4.79 Å². The number of aryl methyl sites for hydroxylation is 1. The summed E-state index contributed by atoms with van der Waals surface area (Å²) in [6, 6.07) is 0.885. The molecule has 5 heteroatoms. The van der Waals surface area contributed by atoms with Gasteiger partial charge in [0.15, 0.2) is 0 Å². The molecule has 0 atom stereocenters. The maximum Gasteiger partial charge on any atom is 0.221 e. The van der Waals surface area contributed by atoms with Crippen LogP contribution in [-0.2, 0) is 17.9 Å². The Bertz CT molecular complexity index is 395. The van der Waals surface area contributed by atoms with Crippen LogP contribution >= 0.6 is 0 Å². The molecule has 1 heterocycles. The Balaban J connectivity index is 1.77. The van der Waals surface area contributed by atoms with Crippen LogP contribution in [0.3, 0.4) is 0 Å². The van der Waals surface area contributed by atoms with Crippen molar-refractivity contribution in [2.75, 3.05) is 0 Å². The van der Waals surface area contributed by atoms with E-state index in [1.165, 1.54) is 12.8 Å². The molecule has 0 aliphatic heterocycles. The molecule has 0 unspecified atom stereocenters. The van der Waals surface area contributed by atoms with Crippen molar-refractivity contribution in [3.05, 3.63) is 18.2 Å². The van der Waals surface area contributed by atoms with Gasteiger partial charge < -0.3 is 15.2 Å². The fourth-order valence-electron chi connectivity index (χ4n) is 1.85. The molecule has 2 N–H and O–H groups in total. The second-order valence-electron chi connectivity index (χ2n) is 5.16. The number of rotatable bonds is 7. The highest BCUT2D eigenvalue weighted by atomic mass is 16.1. The minimum Gasteiger partial charge on any atom is -0.354 e. The molecule has 1 amide bonds. The van der Waals surface area contributed by atoms with E-state index in [1.807, 2.05) is 20.0 Å². The lowest BCUT2D eigenvalue weighted by atomic mass is 10.3. The van der Waals surface area contributed by atoms with Gasteiger partial charge in [0.25, 0.3) is 0 Å². The molecule has 1 fully saturated rings. The zero-order valence-electron chi connectivity index (χ0n) is 11.1. The van der Waals surface area contributed by atoms with Gasteiger partial charge in [-0.25, -0.2) is 4.98 Å². The predicted molar refractivity (Wildman–Crippen MR) is 70.0 cm³/mol. The average molecular weight is 250 g/mol. The van der Waals surface area contributed by atoms with Crippen LogP contribution in [0, 0.1) is 0 Å². The number of imidazole rings is 1. The van der Waals surface area contributed by atoms with Crippen molar-refractivity contribution in [2.24, 2.45) is 0 Å². The first-order chi connectivity index (χ1) is 8.65. The van der Waals surface area contributed by atoms with Crippen molar-refractivity contribution < 1.29 is 4.79 Å². The molecule has 0 spiro atoms. The van der Waals surface area contributed by atoms with Crippen LogP contribution in [0.15, 0.2) is 12.4 Å². The normalized spacial score (nSPS) is 15.1. The van der Waals surface area contributed by atoms with Crippen molar-refractivity contribution >= 4 is 5.91 Å². The van der Waals surface area contributed by atoms with E-state index < -0.39 is 0 Å². The van der Waals surface area contributed by atoms with Crippen molar-refractivity contribution in [3.8, 4) is 0 Å². The molecular formula is C13H22N4O. The van der Waals surface area contributed by atoms with Gasteiger partial charge in [-0.2, -0.15) is 0 Å². The van der Waals surface area contributed by atoms with Gasteiger partial charge in [0.1, 0.15) is 5.82 Å². The van der Waals surface area contributed by atoms with Crippen LogP contribution in [0.25, 0.3) is 0 Å². The molecule has 18 heavy (non-hydrogen) atoms. The van der Waals surface area contributed by atoms with Crippen molar-refractivity contribution in [2.45, 2.75) is 58.3 Å². The number of nitrogens with one attached hydrogen (secondary N) is 2. The minimum absolute atomic E-state index is 0.0970. The third-order valence-corrected chi connectivity index (χ3v) is 2.96. The van der Waals surface area contributed by atoms with Gasteiger partial charge in [-0.15, -0.1) is 0 Å². The lowest BCUT2D eigenvalue weighted by Crippen LogP contribution is -2.31. The Morgan fingerprint density at radius 1 is 1.56 bits per heavy atom. The summed E-state index contributed by atoms with van der Waals surface area (Å²) in [6.07, 6.45) is 6.79. The highest BCUT2D eigenvalue weighted by Gasteiger charge is 2.20. The summed E-state index contributed by atoms with van der Waals surface area (Å²) in [5.74, 6) is 1.11. The maximum atomic E-state index is 11.6. The molecule has 100 valence electrons. The second-order valence-corrected chi connectivity index (χ2v) is 5.16. The summed E-state index contributed by atoms with van der Waals surface area (Å²) in [5, 5.41) is 6.33. The Labute approximate surface area is 108 Å². The molecule has 2 rings (SSSR count). The van der Waals surface area contributed by atoms with Gasteiger partial charge in [-0.05, 0) is 26.7 Å². The second kappa shape index (κ2) is 6.00. The largest absolute Gasteiger partial charge is 0.354 e. The summed E-state index contributed by atoms with van der Waals surface area (Å²) in [5.41, 5.74) is 0. The molecule has 0 saturated heterocycles. The summed E-state index contributed by atoms with van der Waals surface area (Å²) < 4.78 is 2.05. The van der Waals surface area contributed by atoms with Crippen molar-refractivity contribution in [1.82, 2.24) is 20.2 Å². The van der Waals surface area contributed by atoms with Crippen LogP contribution in [0.1, 0.15) is 38.9 Å². The number of hydrogen-bond acceptors (Lipinski definition) is 3. The van der Waals surface area contributed by atoms with Crippen LogP contribution < -0.4 is 10.6 Å². The molecule has 0 bridgehead atoms. The Kier molecular flexibility index (Phi) is 4.36. The van der Waals surface area contributed by atoms with Crippen molar-refractivity contribution in [1.29, 1.82) is 0 Å². The number of nitrogens with zero attached hydrogens (tertiary/aromatic N) is 2. The highest BCUT2D eigenvalue weighted by molar-refractivity contribution is 5.76. The highest BCUT2D eigenvalue weighted by Crippen LogP contribution is 2.19. The zero-order chi connectivity index (χ0) is 13.0. The molecule has 0 radical (unpaired) electrons. The number of carbonyl (C=O) groups is 1. The molecule has 1 aliphatic carbocycles. The fourth-order valence-corrected chi connectivity index (χ4v) is 1.85. The number of carbonyl (C=O) groups excluding carboxylic acids is 1. The van der Waals surface area contributed by atoms with Gasteiger partial charge in [0.2, 0.25) is 5.91 Å². The van der Waals surface area contributed by atoms with Gasteiger partial charge in [-0.1, -0.05) is 0 Å². The van der Waals surface area contributed by atoms with Crippen LogP contribution in [-0.4, -0.2) is 27.5 Å². The summed E-state index contributed by atoms with van der Waals surface area (Å²) in [7, 11) is 0. The van der Waals surface area contributed by atoms with E-state index in [0.29, 0.717) is 19.0 Å². The molecule has 1 aromatic rings. The monoisotopic (exact) mass is 250 g/mol. The quantitative estimate of drug-likeness (QED) is 0.760. The van der Waals surface area contributed by atoms with E-state index >= 15 is 0 Å². The SMILES string of the molecule is CC(C)NC(=O)CCn1ccnc1CNC1CC1. The predicted octanol–water partition coefficient (Wildman–Crippen LogP) is 1.05. The molecule has 1 aliphatic rings. The molecule has 0 aromatic carbocycles. The summed E-state index contributed by atoms with van der Waals surface area (Å²) in [4.78, 5) is 15.9. The number of amides is 1. The van der Waals surface area contributed by atoms with E-state index in [0.717, 1.165) is 12.4 Å². The lowest BCUT2D eigenvalue weighted by molar-refractivity contribution is -0.121. The first kappa shape index (κ1) is 13.1. The average Bonchev–Trinajstić information content (AvgIpc) is 3.02. The van der Waals surface area contributed by atoms with E-state index in [-0.39, 0.29) is 11.9 Å². The number of aromatic nitrogens is 2. The fraction of sp³-hybridized carbons (Fsp3) is 0.692. The minimum atomic E-state index is 0.0970. The third kappa shape index (κ3) is 4.14. The topological polar surface area (TPSA) is 59.0 Å². The van der Waals surface area contributed by atoms with E-state index in [1.54, 1.807) is 6.20 Å². The van der Waals surface area contributed by atoms with E-state index in [9.17, 15) is 4.79 Å². The van der Waals surface area contributed by atoms with Gasteiger partial charge in [0, 0.05) is 37.4 Å². The zero-order valence-corrected chi connectivity index (χ0v) is 11.1. The molecule has 1 saturated carbocycles. The first-order valence-corrected chi connectivity index (χ1v) is 6.68. The van der Waals surface area contributed by atoms with Crippen LogP contribution in [0.2, 0.25) is 0 Å². The van der Waals surface area contributed by atoms with Gasteiger partial charge >= 0.3 is 0 Å². The summed E-state index contributed by atoms with van der Waals surface area (Å²) >= 11 is 0. The maximum absolute atomic E-state index is 11.6. The van der Waals surface area contributed by atoms with Crippen LogP contribution in [0.5, 0.6) is 0 Å². The van der Waals surface area contributed by atoms with Crippen LogP contribution in [0.4, 0.5) is 0 Å².